The summed E-state index contributed by atoms with van der Waals surface area (Å²) in [6, 6.07) is 14.9. The van der Waals surface area contributed by atoms with Crippen molar-refractivity contribution in [3.63, 3.8) is 0 Å². The molecular weight excluding hydrogens is 412 g/mol. The molecule has 2 N–H and O–H groups in total. The van der Waals surface area contributed by atoms with E-state index in [1.165, 1.54) is 11.3 Å². The van der Waals surface area contributed by atoms with Gasteiger partial charge < -0.3 is 10.3 Å². The van der Waals surface area contributed by atoms with E-state index in [1.54, 1.807) is 6.20 Å². The van der Waals surface area contributed by atoms with Crippen LogP contribution in [0.1, 0.15) is 15.4 Å². The van der Waals surface area contributed by atoms with Gasteiger partial charge in [0.1, 0.15) is 9.88 Å². The maximum absolute atomic E-state index is 12.8. The Balaban J connectivity index is 1.58. The number of aromatic nitrogens is 3. The number of hydrogen-bond acceptors (Lipinski definition) is 4. The summed E-state index contributed by atoms with van der Waals surface area (Å²) >= 11 is 12.6. The molecule has 5 nitrogen and oxygen atoms in total. The van der Waals surface area contributed by atoms with E-state index in [0.29, 0.717) is 26.1 Å². The Morgan fingerprint density at radius 2 is 2.04 bits per heavy atom. The first-order chi connectivity index (χ1) is 13.5. The van der Waals surface area contributed by atoms with Crippen LogP contribution in [0.15, 0.2) is 60.9 Å². The summed E-state index contributed by atoms with van der Waals surface area (Å²) < 4.78 is 2.43. The number of anilines is 1. The molecule has 0 aliphatic heterocycles. The van der Waals surface area contributed by atoms with Crippen molar-refractivity contribution in [2.45, 2.75) is 6.92 Å². The highest BCUT2D eigenvalue weighted by Gasteiger charge is 2.16. The summed E-state index contributed by atoms with van der Waals surface area (Å²) in [5, 5.41) is 4.40. The zero-order chi connectivity index (χ0) is 19.7. The van der Waals surface area contributed by atoms with Crippen molar-refractivity contribution in [2.24, 2.45) is 0 Å². The third-order valence-corrected chi connectivity index (χ3v) is 5.90. The highest BCUT2D eigenvalue weighted by atomic mass is 35.5. The molecule has 0 aliphatic carbocycles. The molecule has 0 atom stereocenters. The average Bonchev–Trinajstić information content (AvgIpc) is 3.28. The minimum absolute atomic E-state index is 0.190. The molecular formula is C20H15ClN4OS2. The first kappa shape index (κ1) is 18.6. The standard InChI is InChI=1S/C20H15ClN4OS2/c1-12-17(28-19(23-12)13-5-7-14(21)8-6-13)18(26)24-15-3-2-4-16(11-15)25-10-9-22-20(25)27/h2-11H,1H3,(H,22,27)(H,24,26). The van der Waals surface area contributed by atoms with Gasteiger partial charge in [-0.15, -0.1) is 11.3 Å². The van der Waals surface area contributed by atoms with Crippen LogP contribution in [-0.2, 0) is 0 Å². The van der Waals surface area contributed by atoms with Crippen molar-refractivity contribution in [3.8, 4) is 16.3 Å². The number of amides is 1. The van der Waals surface area contributed by atoms with E-state index >= 15 is 0 Å². The number of H-pyrrole nitrogens is 1. The van der Waals surface area contributed by atoms with Gasteiger partial charge in [-0.05, 0) is 49.5 Å². The summed E-state index contributed by atoms with van der Waals surface area (Å²) in [5.41, 5.74) is 3.18. The second-order valence-electron chi connectivity index (χ2n) is 6.08. The SMILES string of the molecule is Cc1nc(-c2ccc(Cl)cc2)sc1C(=O)Nc1cccc(-n2cc[nH]c2=S)c1. The van der Waals surface area contributed by atoms with Crippen LogP contribution in [-0.4, -0.2) is 20.4 Å². The van der Waals surface area contributed by atoms with E-state index in [1.807, 2.05) is 66.2 Å². The summed E-state index contributed by atoms with van der Waals surface area (Å²) in [4.78, 5) is 20.9. The minimum atomic E-state index is -0.190. The van der Waals surface area contributed by atoms with Gasteiger partial charge in [0.2, 0.25) is 0 Å². The molecule has 4 rings (SSSR count). The summed E-state index contributed by atoms with van der Waals surface area (Å²) in [7, 11) is 0. The number of rotatable bonds is 4. The Morgan fingerprint density at radius 1 is 1.25 bits per heavy atom. The number of aryl methyl sites for hydroxylation is 1. The predicted molar refractivity (Wildman–Crippen MR) is 116 cm³/mol. The molecule has 8 heteroatoms. The molecule has 0 fully saturated rings. The number of hydrogen-bond donors (Lipinski definition) is 2. The van der Waals surface area contributed by atoms with E-state index in [-0.39, 0.29) is 5.91 Å². The number of benzene rings is 2. The molecule has 0 saturated carbocycles. The lowest BCUT2D eigenvalue weighted by Crippen LogP contribution is -2.11. The molecule has 1 amide bonds. The number of nitrogens with one attached hydrogen (secondary N) is 2. The van der Waals surface area contributed by atoms with Crippen LogP contribution in [0.5, 0.6) is 0 Å². The highest BCUT2D eigenvalue weighted by Crippen LogP contribution is 2.29. The Labute approximate surface area is 175 Å². The molecule has 0 saturated heterocycles. The molecule has 0 radical (unpaired) electrons. The Bertz CT molecular complexity index is 1210. The van der Waals surface area contributed by atoms with Gasteiger partial charge in [0.25, 0.3) is 5.91 Å². The van der Waals surface area contributed by atoms with Crippen molar-refractivity contribution in [1.82, 2.24) is 14.5 Å². The number of imidazole rings is 1. The number of halogens is 1. The van der Waals surface area contributed by atoms with Crippen LogP contribution in [0.4, 0.5) is 5.69 Å². The van der Waals surface area contributed by atoms with E-state index in [2.05, 4.69) is 15.3 Å². The summed E-state index contributed by atoms with van der Waals surface area (Å²) in [6.45, 7) is 1.83. The topological polar surface area (TPSA) is 62.7 Å². The lowest BCUT2D eigenvalue weighted by molar-refractivity contribution is 0.103. The number of carbonyl (C=O) groups is 1. The van der Waals surface area contributed by atoms with Crippen LogP contribution >= 0.6 is 35.2 Å². The van der Waals surface area contributed by atoms with Crippen LogP contribution in [0.25, 0.3) is 16.3 Å². The molecule has 28 heavy (non-hydrogen) atoms. The quantitative estimate of drug-likeness (QED) is 0.401. The fourth-order valence-corrected chi connectivity index (χ4v) is 4.10. The number of nitrogens with zero attached hydrogens (tertiary/aromatic N) is 2. The third kappa shape index (κ3) is 3.77. The van der Waals surface area contributed by atoms with Gasteiger partial charge in [-0.25, -0.2) is 4.98 Å². The Hall–Kier alpha value is -2.74. The average molecular weight is 427 g/mol. The maximum atomic E-state index is 12.8. The molecule has 4 aromatic rings. The van der Waals surface area contributed by atoms with Gasteiger partial charge in [-0.2, -0.15) is 0 Å². The first-order valence-corrected chi connectivity index (χ1v) is 10.0. The number of carbonyl (C=O) groups excluding carboxylic acids is 1. The maximum Gasteiger partial charge on any atom is 0.267 e. The van der Waals surface area contributed by atoms with E-state index in [0.717, 1.165) is 16.3 Å². The van der Waals surface area contributed by atoms with E-state index < -0.39 is 0 Å². The smallest absolute Gasteiger partial charge is 0.267 e. The first-order valence-electron chi connectivity index (χ1n) is 8.42. The highest BCUT2D eigenvalue weighted by molar-refractivity contribution is 7.71. The summed E-state index contributed by atoms with van der Waals surface area (Å²) in [5.74, 6) is -0.190. The normalized spacial score (nSPS) is 10.8. The fraction of sp³-hybridized carbons (Fsp3) is 0.0500. The molecule has 0 spiro atoms. The Kier molecular flexibility index (Phi) is 5.13. The number of thiazole rings is 1. The van der Waals surface area contributed by atoms with Gasteiger partial charge in [0.15, 0.2) is 4.77 Å². The van der Waals surface area contributed by atoms with Crippen molar-refractivity contribution in [3.05, 3.63) is 81.3 Å². The van der Waals surface area contributed by atoms with Gasteiger partial charge in [0, 0.05) is 34.4 Å². The van der Waals surface area contributed by atoms with Crippen molar-refractivity contribution >= 4 is 46.8 Å². The van der Waals surface area contributed by atoms with Gasteiger partial charge in [-0.1, -0.05) is 29.8 Å². The van der Waals surface area contributed by atoms with Crippen LogP contribution in [0, 0.1) is 11.7 Å². The molecule has 2 aromatic heterocycles. The van der Waals surface area contributed by atoms with Crippen LogP contribution in [0.2, 0.25) is 5.02 Å². The zero-order valence-corrected chi connectivity index (χ0v) is 17.2. The lowest BCUT2D eigenvalue weighted by atomic mass is 10.2. The van der Waals surface area contributed by atoms with Crippen molar-refractivity contribution in [1.29, 1.82) is 0 Å². The Morgan fingerprint density at radius 3 is 2.75 bits per heavy atom. The zero-order valence-electron chi connectivity index (χ0n) is 14.8. The second-order valence-corrected chi connectivity index (χ2v) is 7.90. The van der Waals surface area contributed by atoms with Crippen LogP contribution in [0.3, 0.4) is 0 Å². The predicted octanol–water partition coefficient (Wildman–Crippen LogP) is 5.87. The molecule has 0 bridgehead atoms. The minimum Gasteiger partial charge on any atom is -0.337 e. The fourth-order valence-electron chi connectivity index (χ4n) is 2.77. The van der Waals surface area contributed by atoms with Gasteiger partial charge in [-0.3, -0.25) is 9.36 Å². The van der Waals surface area contributed by atoms with Crippen molar-refractivity contribution in [2.75, 3.05) is 5.32 Å². The molecule has 2 aromatic carbocycles. The summed E-state index contributed by atoms with van der Waals surface area (Å²) in [6.07, 6.45) is 3.61. The number of aromatic amines is 1. The monoisotopic (exact) mass is 426 g/mol. The van der Waals surface area contributed by atoms with E-state index in [4.69, 9.17) is 23.8 Å². The lowest BCUT2D eigenvalue weighted by Gasteiger charge is -2.07. The van der Waals surface area contributed by atoms with Crippen LogP contribution < -0.4 is 5.32 Å². The van der Waals surface area contributed by atoms with Crippen molar-refractivity contribution < 1.29 is 4.79 Å². The third-order valence-electron chi connectivity index (χ3n) is 4.13. The largest absolute Gasteiger partial charge is 0.337 e. The molecule has 2 heterocycles. The van der Waals surface area contributed by atoms with Gasteiger partial charge in [0.05, 0.1) is 5.69 Å². The second kappa shape index (κ2) is 7.71. The van der Waals surface area contributed by atoms with Gasteiger partial charge >= 0.3 is 0 Å². The molecule has 0 aliphatic rings. The molecule has 0 unspecified atom stereocenters. The van der Waals surface area contributed by atoms with E-state index in [9.17, 15) is 4.79 Å². The molecule has 140 valence electrons.